The molecule has 14 heavy (non-hydrogen) atoms. The van der Waals surface area contributed by atoms with Crippen molar-refractivity contribution in [1.29, 1.82) is 0 Å². The molecular weight excluding hydrogens is 200 g/mol. The first-order valence-electron chi connectivity index (χ1n) is 3.91. The molecular formula is C9H9N2O2S. The molecule has 1 aromatic rings. The summed E-state index contributed by atoms with van der Waals surface area (Å²) in [5.41, 5.74) is 5.12. The molecule has 0 aromatic heterocycles. The number of rotatable bonds is 4. The summed E-state index contributed by atoms with van der Waals surface area (Å²) in [5, 5.41) is 0. The van der Waals surface area contributed by atoms with Gasteiger partial charge >= 0.3 is 6.41 Å². The normalized spacial score (nSPS) is 9.50. The Balaban J connectivity index is 2.66. The van der Waals surface area contributed by atoms with Gasteiger partial charge in [0.15, 0.2) is 0 Å². The van der Waals surface area contributed by atoms with Crippen LogP contribution >= 0.6 is 11.9 Å². The van der Waals surface area contributed by atoms with E-state index in [1.165, 1.54) is 6.41 Å². The van der Waals surface area contributed by atoms with E-state index >= 15 is 0 Å². The van der Waals surface area contributed by atoms with Crippen molar-refractivity contribution in [3.63, 3.8) is 0 Å². The van der Waals surface area contributed by atoms with Crippen LogP contribution in [0.25, 0.3) is 0 Å². The lowest BCUT2D eigenvalue weighted by Crippen LogP contribution is -2.29. The molecule has 0 saturated heterocycles. The van der Waals surface area contributed by atoms with Gasteiger partial charge in [-0.2, -0.15) is 0 Å². The number of imide groups is 1. The summed E-state index contributed by atoms with van der Waals surface area (Å²) in [7, 11) is 0. The summed E-state index contributed by atoms with van der Waals surface area (Å²) >= 11 is 1.00. The lowest BCUT2D eigenvalue weighted by Gasteiger charge is -2.10. The van der Waals surface area contributed by atoms with E-state index in [4.69, 9.17) is 5.73 Å². The zero-order valence-corrected chi connectivity index (χ0v) is 8.16. The molecule has 73 valence electrons. The van der Waals surface area contributed by atoms with E-state index in [9.17, 15) is 9.59 Å². The maximum Gasteiger partial charge on any atom is 0.330 e. The quantitative estimate of drug-likeness (QED) is 0.581. The minimum atomic E-state index is -0.464. The number of nitrogens with zero attached hydrogens (tertiary/aromatic N) is 1. The predicted molar refractivity (Wildman–Crippen MR) is 53.9 cm³/mol. The van der Waals surface area contributed by atoms with E-state index in [0.717, 1.165) is 21.1 Å². The van der Waals surface area contributed by atoms with Gasteiger partial charge in [0.05, 0.1) is 6.54 Å². The Morgan fingerprint density at radius 2 is 2.07 bits per heavy atom. The zero-order valence-electron chi connectivity index (χ0n) is 7.34. The average Bonchev–Trinajstić information content (AvgIpc) is 2.26. The van der Waals surface area contributed by atoms with Crippen LogP contribution in [0.4, 0.5) is 0 Å². The van der Waals surface area contributed by atoms with Crippen LogP contribution in [0.3, 0.4) is 0 Å². The molecule has 0 aliphatic heterocycles. The van der Waals surface area contributed by atoms with Crippen LogP contribution < -0.4 is 5.73 Å². The topological polar surface area (TPSA) is 63.4 Å². The van der Waals surface area contributed by atoms with Crippen LogP contribution in [-0.4, -0.2) is 23.2 Å². The fraction of sp³-hybridized carbons (Fsp3) is 0.111. The summed E-state index contributed by atoms with van der Waals surface area (Å²) in [6, 6.07) is 9.07. The molecule has 1 rings (SSSR count). The van der Waals surface area contributed by atoms with E-state index in [1.54, 1.807) is 12.1 Å². The molecule has 2 N–H and O–H groups in total. The van der Waals surface area contributed by atoms with E-state index < -0.39 is 5.91 Å². The van der Waals surface area contributed by atoms with Gasteiger partial charge in [-0.1, -0.05) is 18.2 Å². The molecule has 4 nitrogen and oxygen atoms in total. The Kier molecular flexibility index (Phi) is 4.15. The maximum absolute atomic E-state index is 11.1. The van der Waals surface area contributed by atoms with Gasteiger partial charge in [-0.05, 0) is 24.1 Å². The third kappa shape index (κ3) is 2.86. The number of hydrogen-bond acceptors (Lipinski definition) is 4. The van der Waals surface area contributed by atoms with Gasteiger partial charge in [-0.25, -0.2) is 4.31 Å². The Labute approximate surface area is 86.2 Å². The second-order valence-electron chi connectivity index (χ2n) is 2.39. The third-order valence-electron chi connectivity index (χ3n) is 1.42. The molecule has 0 saturated carbocycles. The largest absolute Gasteiger partial charge is 0.330 e. The average molecular weight is 209 g/mol. The van der Waals surface area contributed by atoms with Gasteiger partial charge in [0.2, 0.25) is 0 Å². The van der Waals surface area contributed by atoms with E-state index in [-0.39, 0.29) is 6.54 Å². The van der Waals surface area contributed by atoms with Gasteiger partial charge in [-0.15, -0.1) is 0 Å². The minimum absolute atomic E-state index is 0.199. The molecule has 0 bridgehead atoms. The Bertz CT molecular complexity index is 316. The first-order chi connectivity index (χ1) is 6.77. The zero-order chi connectivity index (χ0) is 10.4. The van der Waals surface area contributed by atoms with Crippen molar-refractivity contribution in [2.75, 3.05) is 6.54 Å². The van der Waals surface area contributed by atoms with Crippen molar-refractivity contribution in [3.8, 4) is 0 Å². The fourth-order valence-corrected chi connectivity index (χ4v) is 1.49. The smallest absolute Gasteiger partial charge is 0.322 e. The summed E-state index contributed by atoms with van der Waals surface area (Å²) in [4.78, 5) is 22.3. The molecule has 2 amide bonds. The summed E-state index contributed by atoms with van der Waals surface area (Å²) < 4.78 is 0.856. The molecule has 0 fully saturated rings. The number of benzene rings is 1. The number of nitrogens with two attached hydrogens (primary N) is 1. The first kappa shape index (κ1) is 10.7. The van der Waals surface area contributed by atoms with E-state index in [0.29, 0.717) is 0 Å². The van der Waals surface area contributed by atoms with Crippen LogP contribution in [0.5, 0.6) is 0 Å². The van der Waals surface area contributed by atoms with E-state index in [1.807, 2.05) is 18.2 Å². The highest BCUT2D eigenvalue weighted by Gasteiger charge is 2.12. The predicted octanol–water partition coefficient (Wildman–Crippen LogP) is 0.548. The van der Waals surface area contributed by atoms with Crippen molar-refractivity contribution in [2.45, 2.75) is 4.90 Å². The summed E-state index contributed by atoms with van der Waals surface area (Å²) in [6.07, 6.45) is 1.52. The minimum Gasteiger partial charge on any atom is -0.322 e. The van der Waals surface area contributed by atoms with Crippen molar-refractivity contribution >= 4 is 24.3 Å². The van der Waals surface area contributed by atoms with Crippen molar-refractivity contribution in [1.82, 2.24) is 4.31 Å². The summed E-state index contributed by atoms with van der Waals surface area (Å²) in [6.45, 7) is -0.199. The third-order valence-corrected chi connectivity index (χ3v) is 2.37. The van der Waals surface area contributed by atoms with Crippen LogP contribution in [0, 0.1) is 0 Å². The number of carbonyl (C=O) groups excluding carboxylic acids is 2. The lowest BCUT2D eigenvalue weighted by atomic mass is 10.4. The molecule has 1 radical (unpaired) electrons. The highest BCUT2D eigenvalue weighted by atomic mass is 32.2. The molecule has 1 aromatic carbocycles. The van der Waals surface area contributed by atoms with Gasteiger partial charge in [0.1, 0.15) is 0 Å². The second kappa shape index (κ2) is 5.41. The maximum atomic E-state index is 11.1. The van der Waals surface area contributed by atoms with Crippen LogP contribution in [0.2, 0.25) is 0 Å². The fourth-order valence-electron chi connectivity index (χ4n) is 0.790. The molecule has 0 spiro atoms. The molecule has 0 aliphatic rings. The SMILES string of the molecule is NCC(=O)N([C]=O)Sc1ccccc1. The van der Waals surface area contributed by atoms with Crippen molar-refractivity contribution < 1.29 is 9.59 Å². The molecule has 0 aliphatic carbocycles. The highest BCUT2D eigenvalue weighted by Crippen LogP contribution is 2.20. The first-order valence-corrected chi connectivity index (χ1v) is 4.69. The molecule has 0 unspecified atom stereocenters. The standard InChI is InChI=1S/C9H9N2O2S/c10-6-9(13)11(7-12)14-8-4-2-1-3-5-8/h1-5H,6,10H2. The molecule has 5 heteroatoms. The lowest BCUT2D eigenvalue weighted by molar-refractivity contribution is -0.122. The monoisotopic (exact) mass is 209 g/mol. The number of carbonyl (C=O) groups is 1. The Morgan fingerprint density at radius 3 is 2.57 bits per heavy atom. The van der Waals surface area contributed by atoms with Crippen LogP contribution in [0.15, 0.2) is 35.2 Å². The van der Waals surface area contributed by atoms with Crippen molar-refractivity contribution in [2.24, 2.45) is 5.73 Å². The van der Waals surface area contributed by atoms with Gasteiger partial charge in [0, 0.05) is 4.90 Å². The van der Waals surface area contributed by atoms with Crippen molar-refractivity contribution in [3.05, 3.63) is 30.3 Å². The van der Waals surface area contributed by atoms with Gasteiger partial charge in [0.25, 0.3) is 5.91 Å². The molecule has 0 atom stereocenters. The Morgan fingerprint density at radius 1 is 1.43 bits per heavy atom. The second-order valence-corrected chi connectivity index (χ2v) is 3.41. The Hall–Kier alpha value is -1.33. The van der Waals surface area contributed by atoms with Crippen LogP contribution in [-0.2, 0) is 9.59 Å². The summed E-state index contributed by atoms with van der Waals surface area (Å²) in [5.74, 6) is -0.464. The molecule has 0 heterocycles. The van der Waals surface area contributed by atoms with E-state index in [2.05, 4.69) is 0 Å². The highest BCUT2D eigenvalue weighted by molar-refractivity contribution is 7.98. The van der Waals surface area contributed by atoms with Gasteiger partial charge < -0.3 is 5.73 Å². The van der Waals surface area contributed by atoms with Crippen LogP contribution in [0.1, 0.15) is 0 Å². The van der Waals surface area contributed by atoms with Gasteiger partial charge in [-0.3, -0.25) is 9.59 Å². The number of hydrogen-bond donors (Lipinski definition) is 1. The number of amides is 2.